The first kappa shape index (κ1) is 18.2. The Morgan fingerprint density at radius 3 is 2.58 bits per heavy atom. The third-order valence-electron chi connectivity index (χ3n) is 3.83. The predicted molar refractivity (Wildman–Crippen MR) is 99.6 cm³/mol. The monoisotopic (exact) mass is 370 g/mol. The molecule has 6 nitrogen and oxygen atoms in total. The van der Waals surface area contributed by atoms with Crippen LogP contribution in [0.1, 0.15) is 29.8 Å². The number of hydrogen-bond donors (Lipinski definition) is 2. The van der Waals surface area contributed by atoms with Crippen LogP contribution in [0.5, 0.6) is 5.75 Å². The number of carbonyl (C=O) groups is 2. The number of aliphatic hydroxyl groups is 1. The minimum atomic E-state index is -0.813. The topological polar surface area (TPSA) is 88.5 Å². The number of nitrogens with zero attached hydrogens (tertiary/aromatic N) is 1. The Morgan fingerprint density at radius 2 is 2.00 bits per heavy atom. The van der Waals surface area contributed by atoms with Gasteiger partial charge in [-0.2, -0.15) is 0 Å². The first-order valence-electron chi connectivity index (χ1n) is 8.15. The number of aromatic nitrogens is 1. The molecule has 2 aromatic rings. The number of rotatable bonds is 6. The van der Waals surface area contributed by atoms with Crippen molar-refractivity contribution in [1.29, 1.82) is 0 Å². The van der Waals surface area contributed by atoms with Gasteiger partial charge in [0.25, 0.3) is 11.1 Å². The van der Waals surface area contributed by atoms with Crippen molar-refractivity contribution in [3.63, 3.8) is 0 Å². The van der Waals surface area contributed by atoms with Gasteiger partial charge in [-0.05, 0) is 53.6 Å². The average Bonchev–Trinajstić information content (AvgIpc) is 2.98. The Kier molecular flexibility index (Phi) is 5.70. The Morgan fingerprint density at radius 1 is 1.23 bits per heavy atom. The van der Waals surface area contributed by atoms with E-state index in [1.165, 1.54) is 0 Å². The summed E-state index contributed by atoms with van der Waals surface area (Å²) in [6.07, 6.45) is 3.48. The number of amides is 2. The van der Waals surface area contributed by atoms with Crippen LogP contribution in [0.2, 0.25) is 0 Å². The van der Waals surface area contributed by atoms with Crippen LogP contribution in [0.4, 0.5) is 4.79 Å². The van der Waals surface area contributed by atoms with Gasteiger partial charge in [0.15, 0.2) is 0 Å². The van der Waals surface area contributed by atoms with E-state index in [2.05, 4.69) is 10.3 Å². The molecule has 2 N–H and O–H groups in total. The molecule has 1 aromatic carbocycles. The molecular weight excluding hydrogens is 352 g/mol. The van der Waals surface area contributed by atoms with Crippen molar-refractivity contribution in [3.8, 4) is 5.75 Å². The fourth-order valence-corrected chi connectivity index (χ4v) is 3.02. The van der Waals surface area contributed by atoms with Gasteiger partial charge in [0.05, 0.1) is 10.6 Å². The molecule has 1 unspecified atom stereocenters. The average molecular weight is 370 g/mol. The van der Waals surface area contributed by atoms with Gasteiger partial charge < -0.3 is 9.84 Å². The predicted octanol–water partition coefficient (Wildman–Crippen LogP) is 3.08. The van der Waals surface area contributed by atoms with Crippen LogP contribution in [0.3, 0.4) is 0 Å². The van der Waals surface area contributed by atoms with E-state index in [1.807, 2.05) is 13.0 Å². The molecular formula is C19H18N2O4S. The second-order valence-electron chi connectivity index (χ2n) is 5.69. The number of benzene rings is 1. The summed E-state index contributed by atoms with van der Waals surface area (Å²) in [6, 6.07) is 10.8. The van der Waals surface area contributed by atoms with Gasteiger partial charge in [0.2, 0.25) is 0 Å². The molecule has 3 rings (SSSR count). The molecule has 7 heteroatoms. The third kappa shape index (κ3) is 4.50. The highest BCUT2D eigenvalue weighted by Crippen LogP contribution is 2.26. The maximum Gasteiger partial charge on any atom is 0.290 e. The lowest BCUT2D eigenvalue weighted by atomic mass is 10.1. The Bertz CT molecular complexity index is 832. The van der Waals surface area contributed by atoms with Crippen LogP contribution in [0.25, 0.3) is 6.08 Å². The van der Waals surface area contributed by atoms with Crippen LogP contribution in [-0.4, -0.2) is 27.8 Å². The van der Waals surface area contributed by atoms with E-state index >= 15 is 0 Å². The molecule has 26 heavy (non-hydrogen) atoms. The summed E-state index contributed by atoms with van der Waals surface area (Å²) < 4.78 is 5.59. The number of imide groups is 1. The zero-order valence-electron chi connectivity index (χ0n) is 14.1. The molecule has 2 amide bonds. The van der Waals surface area contributed by atoms with Gasteiger partial charge >= 0.3 is 0 Å². The van der Waals surface area contributed by atoms with Crippen molar-refractivity contribution in [1.82, 2.24) is 10.3 Å². The van der Waals surface area contributed by atoms with Crippen LogP contribution in [-0.2, 0) is 11.2 Å². The summed E-state index contributed by atoms with van der Waals surface area (Å²) in [5.74, 6) is 0.209. The molecule has 0 radical (unpaired) electrons. The Balaban J connectivity index is 1.58. The van der Waals surface area contributed by atoms with Gasteiger partial charge in [-0.1, -0.05) is 25.1 Å². The zero-order valence-corrected chi connectivity index (χ0v) is 15.0. The summed E-state index contributed by atoms with van der Waals surface area (Å²) >= 11 is 0.877. The van der Waals surface area contributed by atoms with Crippen molar-refractivity contribution < 1.29 is 19.4 Å². The van der Waals surface area contributed by atoms with Crippen molar-refractivity contribution >= 4 is 29.0 Å². The molecule has 1 aliphatic heterocycles. The lowest BCUT2D eigenvalue weighted by Gasteiger charge is -2.12. The van der Waals surface area contributed by atoms with Crippen LogP contribution in [0.15, 0.2) is 47.5 Å². The van der Waals surface area contributed by atoms with E-state index in [4.69, 9.17) is 4.74 Å². The molecule has 0 saturated carbocycles. The van der Waals surface area contributed by atoms with E-state index < -0.39 is 6.10 Å². The van der Waals surface area contributed by atoms with E-state index in [0.29, 0.717) is 16.3 Å². The number of hydrogen-bond acceptors (Lipinski definition) is 6. The quantitative estimate of drug-likeness (QED) is 0.760. The van der Waals surface area contributed by atoms with Crippen LogP contribution < -0.4 is 10.1 Å². The highest BCUT2D eigenvalue weighted by Gasteiger charge is 2.24. The largest absolute Gasteiger partial charge is 0.490 e. The van der Waals surface area contributed by atoms with Crippen molar-refractivity contribution in [3.05, 3.63) is 64.3 Å². The van der Waals surface area contributed by atoms with E-state index in [-0.39, 0.29) is 17.8 Å². The first-order chi connectivity index (χ1) is 12.5. The second kappa shape index (κ2) is 8.16. The lowest BCUT2D eigenvalue weighted by molar-refractivity contribution is -0.115. The van der Waals surface area contributed by atoms with Crippen LogP contribution in [0, 0.1) is 0 Å². The van der Waals surface area contributed by atoms with Gasteiger partial charge in [0.1, 0.15) is 18.5 Å². The van der Waals surface area contributed by atoms with Gasteiger partial charge in [-0.15, -0.1) is 0 Å². The zero-order chi connectivity index (χ0) is 18.5. The standard InChI is InChI=1S/C19H18N2O4S/c1-2-12-5-8-15(20-10-12)16(22)11-25-14-6-3-13(4-7-14)9-17-18(23)21-19(24)26-17/h3-10,16,22H,2,11H2,1H3,(H,21,23,24). The number of pyridine rings is 1. The SMILES string of the molecule is CCc1ccc(C(O)COc2ccc(C=C3SC(=O)NC3=O)cc2)nc1. The maximum absolute atomic E-state index is 11.5. The second-order valence-corrected chi connectivity index (χ2v) is 6.71. The van der Waals surface area contributed by atoms with Crippen molar-refractivity contribution in [2.75, 3.05) is 6.61 Å². The number of nitrogens with one attached hydrogen (secondary N) is 1. The minimum absolute atomic E-state index is 0.0890. The van der Waals surface area contributed by atoms with E-state index in [0.717, 1.165) is 29.3 Å². The Labute approximate surface area is 155 Å². The molecule has 2 heterocycles. The first-order valence-corrected chi connectivity index (χ1v) is 8.97. The number of carbonyl (C=O) groups excluding carboxylic acids is 2. The number of ether oxygens (including phenoxy) is 1. The van der Waals surface area contributed by atoms with Crippen molar-refractivity contribution in [2.45, 2.75) is 19.4 Å². The molecule has 134 valence electrons. The molecule has 1 atom stereocenters. The molecule has 1 aliphatic rings. The highest BCUT2D eigenvalue weighted by atomic mass is 32.2. The summed E-state index contributed by atoms with van der Waals surface area (Å²) in [4.78, 5) is 27.3. The summed E-state index contributed by atoms with van der Waals surface area (Å²) in [7, 11) is 0. The number of thioether (sulfide) groups is 1. The highest BCUT2D eigenvalue weighted by molar-refractivity contribution is 8.18. The lowest BCUT2D eigenvalue weighted by Crippen LogP contribution is -2.17. The van der Waals surface area contributed by atoms with Crippen molar-refractivity contribution in [2.24, 2.45) is 0 Å². The minimum Gasteiger partial charge on any atom is -0.490 e. The summed E-state index contributed by atoms with van der Waals surface area (Å²) in [5, 5.41) is 12.0. The molecule has 0 aliphatic carbocycles. The van der Waals surface area contributed by atoms with Gasteiger partial charge in [-0.25, -0.2) is 0 Å². The fourth-order valence-electron chi connectivity index (χ4n) is 2.34. The molecule has 1 fully saturated rings. The van der Waals surface area contributed by atoms with E-state index in [1.54, 1.807) is 42.6 Å². The molecule has 1 saturated heterocycles. The molecule has 0 bridgehead atoms. The maximum atomic E-state index is 11.5. The van der Waals surface area contributed by atoms with Gasteiger partial charge in [0, 0.05) is 6.20 Å². The number of aliphatic hydroxyl groups excluding tert-OH is 1. The third-order valence-corrected chi connectivity index (χ3v) is 4.64. The smallest absolute Gasteiger partial charge is 0.290 e. The Hall–Kier alpha value is -2.64. The summed E-state index contributed by atoms with van der Waals surface area (Å²) in [6.45, 7) is 2.14. The molecule has 1 aromatic heterocycles. The fraction of sp³-hybridized carbons (Fsp3) is 0.211. The van der Waals surface area contributed by atoms with Crippen LogP contribution >= 0.6 is 11.8 Å². The normalized spacial score (nSPS) is 16.6. The van der Waals surface area contributed by atoms with E-state index in [9.17, 15) is 14.7 Å². The van der Waals surface area contributed by atoms with Gasteiger partial charge in [-0.3, -0.25) is 19.9 Å². The summed E-state index contributed by atoms with van der Waals surface area (Å²) in [5.41, 5.74) is 2.46. The molecule has 0 spiro atoms. The number of aryl methyl sites for hydroxylation is 1.